The smallest absolute Gasteiger partial charge is 0.226 e. The van der Waals surface area contributed by atoms with Crippen LogP contribution < -0.4 is 4.74 Å². The van der Waals surface area contributed by atoms with E-state index in [4.69, 9.17) is 21.1 Å². The lowest BCUT2D eigenvalue weighted by Gasteiger charge is -2.43. The van der Waals surface area contributed by atoms with E-state index in [1.54, 1.807) is 11.8 Å². The van der Waals surface area contributed by atoms with Gasteiger partial charge in [0.2, 0.25) is 11.8 Å². The monoisotopic (exact) mass is 557 g/mol. The number of methoxy groups -OCH3 is 1. The van der Waals surface area contributed by atoms with Crippen molar-refractivity contribution < 1.29 is 19.1 Å². The summed E-state index contributed by atoms with van der Waals surface area (Å²) in [5, 5.41) is 9.18. The number of amides is 2. The van der Waals surface area contributed by atoms with Crippen LogP contribution in [0.3, 0.4) is 0 Å². The Balaban J connectivity index is 1.48. The zero-order valence-electron chi connectivity index (χ0n) is 23.3. The summed E-state index contributed by atoms with van der Waals surface area (Å²) >= 11 is 6.75. The second-order valence-corrected chi connectivity index (χ2v) is 11.6. The molecule has 0 spiro atoms. The van der Waals surface area contributed by atoms with Crippen molar-refractivity contribution in [2.75, 3.05) is 33.4 Å². The SMILES string of the molecule is COCCc1c(COc2ccc(Cl)c3c2[C@@H](CN2CCCC2=O)N(C(=O)[C@@H]2CCCC[C@@H]2C)CC3)nnn1C. The molecule has 1 saturated heterocycles. The molecule has 1 aromatic heterocycles. The largest absolute Gasteiger partial charge is 0.487 e. The molecule has 0 radical (unpaired) electrons. The maximum Gasteiger partial charge on any atom is 0.226 e. The van der Waals surface area contributed by atoms with Gasteiger partial charge < -0.3 is 19.3 Å². The number of benzene rings is 1. The summed E-state index contributed by atoms with van der Waals surface area (Å²) in [6, 6.07) is 3.46. The summed E-state index contributed by atoms with van der Waals surface area (Å²) in [5.41, 5.74) is 3.64. The fraction of sp³-hybridized carbons (Fsp3) is 0.655. The first-order chi connectivity index (χ1) is 18.9. The Bertz CT molecular complexity index is 1200. The number of likely N-dealkylation sites (tertiary alicyclic amines) is 1. The minimum Gasteiger partial charge on any atom is -0.487 e. The molecule has 1 saturated carbocycles. The molecule has 212 valence electrons. The summed E-state index contributed by atoms with van der Waals surface area (Å²) in [7, 11) is 3.54. The van der Waals surface area contributed by atoms with E-state index >= 15 is 0 Å². The minimum atomic E-state index is -0.305. The molecule has 10 heteroatoms. The van der Waals surface area contributed by atoms with Gasteiger partial charge in [-0.15, -0.1) is 5.10 Å². The van der Waals surface area contributed by atoms with Crippen molar-refractivity contribution in [3.8, 4) is 5.75 Å². The predicted molar refractivity (Wildman–Crippen MR) is 147 cm³/mol. The van der Waals surface area contributed by atoms with E-state index < -0.39 is 0 Å². The van der Waals surface area contributed by atoms with E-state index in [2.05, 4.69) is 17.2 Å². The van der Waals surface area contributed by atoms with Gasteiger partial charge in [0.1, 0.15) is 18.1 Å². The van der Waals surface area contributed by atoms with Gasteiger partial charge in [0.25, 0.3) is 0 Å². The first-order valence-electron chi connectivity index (χ1n) is 14.3. The first kappa shape index (κ1) is 27.9. The second-order valence-electron chi connectivity index (χ2n) is 11.2. The van der Waals surface area contributed by atoms with Crippen LogP contribution in [-0.4, -0.2) is 70.0 Å². The number of carbonyl (C=O) groups excluding carboxylic acids is 2. The highest BCUT2D eigenvalue weighted by Gasteiger charge is 2.41. The molecule has 2 fully saturated rings. The Labute approximate surface area is 235 Å². The third kappa shape index (κ3) is 5.80. The average Bonchev–Trinajstić information content (AvgIpc) is 3.51. The number of nitrogens with zero attached hydrogens (tertiary/aromatic N) is 5. The van der Waals surface area contributed by atoms with Crippen LogP contribution in [0.2, 0.25) is 5.02 Å². The predicted octanol–water partition coefficient (Wildman–Crippen LogP) is 4.11. The molecule has 0 N–H and O–H groups in total. The van der Waals surface area contributed by atoms with E-state index in [0.29, 0.717) is 62.2 Å². The van der Waals surface area contributed by atoms with Crippen molar-refractivity contribution in [3.05, 3.63) is 39.7 Å². The Morgan fingerprint density at radius 2 is 1.97 bits per heavy atom. The Morgan fingerprint density at radius 1 is 1.15 bits per heavy atom. The zero-order chi connectivity index (χ0) is 27.5. The lowest BCUT2D eigenvalue weighted by atomic mass is 9.78. The van der Waals surface area contributed by atoms with Crippen molar-refractivity contribution in [1.82, 2.24) is 24.8 Å². The lowest BCUT2D eigenvalue weighted by molar-refractivity contribution is -0.143. The summed E-state index contributed by atoms with van der Waals surface area (Å²) < 4.78 is 13.5. The van der Waals surface area contributed by atoms with E-state index in [-0.39, 0.29) is 30.4 Å². The van der Waals surface area contributed by atoms with E-state index in [9.17, 15) is 9.59 Å². The number of rotatable bonds is 9. The van der Waals surface area contributed by atoms with E-state index in [1.807, 2.05) is 29.0 Å². The number of hydrogen-bond donors (Lipinski definition) is 0. The quantitative estimate of drug-likeness (QED) is 0.461. The molecule has 0 unspecified atom stereocenters. The Kier molecular flexibility index (Phi) is 8.76. The molecular formula is C29H40ClN5O4. The topological polar surface area (TPSA) is 89.8 Å². The molecule has 5 rings (SSSR count). The third-order valence-electron chi connectivity index (χ3n) is 8.78. The van der Waals surface area contributed by atoms with Crippen LogP contribution in [0, 0.1) is 11.8 Å². The molecule has 1 aromatic carbocycles. The van der Waals surface area contributed by atoms with Gasteiger partial charge in [-0.25, -0.2) is 0 Å². The molecule has 0 bridgehead atoms. The van der Waals surface area contributed by atoms with E-state index in [1.165, 1.54) is 6.42 Å². The van der Waals surface area contributed by atoms with Gasteiger partial charge in [0, 0.05) is 63.1 Å². The maximum atomic E-state index is 14.1. The van der Waals surface area contributed by atoms with Gasteiger partial charge in [0.15, 0.2) is 0 Å². The first-order valence-corrected chi connectivity index (χ1v) is 14.7. The molecule has 2 aromatic rings. The fourth-order valence-corrected chi connectivity index (χ4v) is 6.80. The molecule has 9 nitrogen and oxygen atoms in total. The molecular weight excluding hydrogens is 518 g/mol. The number of carbonyl (C=O) groups is 2. The molecule has 3 atom stereocenters. The Morgan fingerprint density at radius 3 is 2.72 bits per heavy atom. The molecule has 39 heavy (non-hydrogen) atoms. The summed E-state index contributed by atoms with van der Waals surface area (Å²) in [6.07, 6.45) is 7.02. The second kappa shape index (κ2) is 12.3. The van der Waals surface area contributed by atoms with Crippen LogP contribution in [0.5, 0.6) is 5.75 Å². The summed E-state index contributed by atoms with van der Waals surface area (Å²) in [6.45, 7) is 4.77. The average molecular weight is 558 g/mol. The number of halogens is 1. The van der Waals surface area contributed by atoms with Gasteiger partial charge >= 0.3 is 0 Å². The number of fused-ring (bicyclic) bond motifs is 1. The number of aryl methyl sites for hydroxylation is 1. The van der Waals surface area contributed by atoms with Crippen LogP contribution in [0.1, 0.15) is 74.0 Å². The van der Waals surface area contributed by atoms with Crippen LogP contribution >= 0.6 is 11.6 Å². The highest BCUT2D eigenvalue weighted by atomic mass is 35.5. The number of aromatic nitrogens is 3. The standard InChI is InChI=1S/C29H40ClN5O4/c1-19-7-4-5-8-20(19)29(37)35-15-12-21-22(30)10-11-26(28(21)25(35)17-34-14-6-9-27(34)36)39-18-23-24(13-16-38-3)33(2)32-31-23/h10-11,19-20,25H,4-9,12-18H2,1-3H3/t19-,20+,25+/m0/s1. The highest BCUT2D eigenvalue weighted by Crippen LogP contribution is 2.43. The van der Waals surface area contributed by atoms with Gasteiger partial charge in [0.05, 0.1) is 18.3 Å². The van der Waals surface area contributed by atoms with Crippen LogP contribution in [-0.2, 0) is 40.8 Å². The van der Waals surface area contributed by atoms with Crippen molar-refractivity contribution >= 4 is 23.4 Å². The van der Waals surface area contributed by atoms with Crippen molar-refractivity contribution in [2.24, 2.45) is 18.9 Å². The zero-order valence-corrected chi connectivity index (χ0v) is 24.1. The third-order valence-corrected chi connectivity index (χ3v) is 9.13. The minimum absolute atomic E-state index is 0.0172. The normalized spacial score (nSPS) is 23.3. The molecule has 3 heterocycles. The molecule has 1 aliphatic carbocycles. The number of hydrogen-bond acceptors (Lipinski definition) is 6. The van der Waals surface area contributed by atoms with Crippen LogP contribution in [0.15, 0.2) is 12.1 Å². The van der Waals surface area contributed by atoms with Gasteiger partial charge in [-0.05, 0) is 49.3 Å². The van der Waals surface area contributed by atoms with Crippen molar-refractivity contribution in [3.63, 3.8) is 0 Å². The van der Waals surface area contributed by atoms with Gasteiger partial charge in [-0.1, -0.05) is 36.6 Å². The van der Waals surface area contributed by atoms with Crippen molar-refractivity contribution in [1.29, 1.82) is 0 Å². The lowest BCUT2D eigenvalue weighted by Crippen LogP contribution is -2.49. The van der Waals surface area contributed by atoms with Gasteiger partial charge in [-0.2, -0.15) is 0 Å². The highest BCUT2D eigenvalue weighted by molar-refractivity contribution is 6.31. The Hall–Kier alpha value is -2.65. The molecule has 2 aliphatic heterocycles. The summed E-state index contributed by atoms with van der Waals surface area (Å²) in [5.74, 6) is 1.41. The van der Waals surface area contributed by atoms with Crippen molar-refractivity contribution in [2.45, 2.75) is 70.9 Å². The van der Waals surface area contributed by atoms with E-state index in [0.717, 1.165) is 48.2 Å². The van der Waals surface area contributed by atoms with Crippen LogP contribution in [0.4, 0.5) is 0 Å². The maximum absolute atomic E-state index is 14.1. The fourth-order valence-electron chi connectivity index (χ4n) is 6.54. The van der Waals surface area contributed by atoms with Crippen LogP contribution in [0.25, 0.3) is 0 Å². The van der Waals surface area contributed by atoms with Gasteiger partial charge in [-0.3, -0.25) is 14.3 Å². The molecule has 2 amide bonds. The molecule has 3 aliphatic rings. The summed E-state index contributed by atoms with van der Waals surface area (Å²) in [4.78, 5) is 30.7. The number of ether oxygens (including phenoxy) is 2.